The highest BCUT2D eigenvalue weighted by Gasteiger charge is 2.43. The second-order valence-electron chi connectivity index (χ2n) is 20.9. The summed E-state index contributed by atoms with van der Waals surface area (Å²) < 4.78 is 0. The van der Waals surface area contributed by atoms with Crippen LogP contribution in [0.1, 0.15) is 89.7 Å². The van der Waals surface area contributed by atoms with E-state index in [1.54, 1.807) is 30.3 Å². The molecule has 3 aliphatic heterocycles. The van der Waals surface area contributed by atoms with Gasteiger partial charge in [0.05, 0.1) is 32.7 Å². The summed E-state index contributed by atoms with van der Waals surface area (Å²) in [5.41, 5.74) is 13.4. The number of hydrogen-bond acceptors (Lipinski definition) is 17. The topological polar surface area (TPSA) is 461 Å². The summed E-state index contributed by atoms with van der Waals surface area (Å²) in [4.78, 5) is 167. The summed E-state index contributed by atoms with van der Waals surface area (Å²) in [5.74, 6) is -13.6. The van der Waals surface area contributed by atoms with E-state index in [0.717, 1.165) is 9.80 Å². The zero-order valence-corrected chi connectivity index (χ0v) is 47.8. The number of carbonyl (C=O) groups excluding carboxylic acids is 11. The van der Waals surface area contributed by atoms with Gasteiger partial charge in [0.15, 0.2) is 0 Å². The van der Waals surface area contributed by atoms with E-state index in [9.17, 15) is 83.1 Å². The van der Waals surface area contributed by atoms with Gasteiger partial charge in [-0.1, -0.05) is 54.1 Å². The van der Waals surface area contributed by atoms with Gasteiger partial charge in [0.2, 0.25) is 65.0 Å². The molecule has 0 radical (unpaired) electrons. The van der Waals surface area contributed by atoms with Crippen molar-refractivity contribution in [3.63, 3.8) is 0 Å². The van der Waals surface area contributed by atoms with Gasteiger partial charge < -0.3 is 89.3 Å². The van der Waals surface area contributed by atoms with E-state index in [1.165, 1.54) is 29.8 Å². The first-order valence-electron chi connectivity index (χ1n) is 27.9. The fraction of sp³-hybridized carbons (Fsp3) is 0.536. The molecule has 466 valence electrons. The maximum absolute atomic E-state index is 14.4. The van der Waals surface area contributed by atoms with Crippen LogP contribution in [0.4, 0.5) is 0 Å². The summed E-state index contributed by atoms with van der Waals surface area (Å²) in [7, 11) is 0. The molecule has 17 N–H and O–H groups in total. The van der Waals surface area contributed by atoms with Gasteiger partial charge >= 0.3 is 5.97 Å². The lowest BCUT2D eigenvalue weighted by molar-refractivity contribution is -0.144. The molecule has 0 saturated carbocycles. The van der Waals surface area contributed by atoms with Crippen LogP contribution in [0.5, 0.6) is 5.75 Å². The maximum Gasteiger partial charge on any atom is 0.305 e. The second kappa shape index (κ2) is 34.3. The van der Waals surface area contributed by atoms with Crippen molar-refractivity contribution in [1.29, 1.82) is 0 Å². The highest BCUT2D eigenvalue weighted by atomic mass is 16.4. The van der Waals surface area contributed by atoms with Crippen molar-refractivity contribution in [1.82, 2.24) is 52.3 Å². The molecule has 3 fully saturated rings. The third-order valence-electron chi connectivity index (χ3n) is 14.2. The molecule has 3 heterocycles. The molecular weight excluding hydrogens is 1110 g/mol. The quantitative estimate of drug-likeness (QED) is 0.0590. The number of nitrogens with two attached hydrogens (primary N) is 2. The largest absolute Gasteiger partial charge is 0.508 e. The van der Waals surface area contributed by atoms with Crippen molar-refractivity contribution in [2.75, 3.05) is 39.5 Å². The molecule has 0 aliphatic carbocycles. The molecule has 2 aromatic carbocycles. The Bertz CT molecular complexity index is 2710. The molecule has 85 heavy (non-hydrogen) atoms. The van der Waals surface area contributed by atoms with E-state index in [2.05, 4.69) is 62.5 Å². The Balaban J connectivity index is 0.00000297. The number of benzene rings is 2. The molecule has 3 saturated heterocycles. The first kappa shape index (κ1) is 69.0. The minimum Gasteiger partial charge on any atom is -0.508 e. The Morgan fingerprint density at radius 1 is 0.529 bits per heavy atom. The molecule has 3 aliphatic rings. The number of aliphatic carboxylic acids is 1. The Hall–Kier alpha value is -8.54. The summed E-state index contributed by atoms with van der Waals surface area (Å²) in [5, 5.41) is 70.0. The maximum atomic E-state index is 14.4. The van der Waals surface area contributed by atoms with Crippen molar-refractivity contribution in [2.45, 2.75) is 152 Å². The fourth-order valence-electron chi connectivity index (χ4n) is 9.43. The third-order valence-corrected chi connectivity index (χ3v) is 14.2. The zero-order chi connectivity index (χ0) is 62.9. The van der Waals surface area contributed by atoms with E-state index < -0.39 is 164 Å². The fourth-order valence-corrected chi connectivity index (χ4v) is 9.43. The van der Waals surface area contributed by atoms with Crippen molar-refractivity contribution in [3.8, 4) is 5.75 Å². The van der Waals surface area contributed by atoms with E-state index in [-0.39, 0.29) is 76.8 Å². The van der Waals surface area contributed by atoms with Crippen LogP contribution < -0.4 is 54.0 Å². The lowest BCUT2D eigenvalue weighted by atomic mass is 10.0. The first-order valence-corrected chi connectivity index (χ1v) is 27.9. The number of aliphatic hydroxyl groups is 3. The van der Waals surface area contributed by atoms with Crippen molar-refractivity contribution >= 4 is 70.9 Å². The monoisotopic (exact) mass is 1190 g/mol. The highest BCUT2D eigenvalue weighted by molar-refractivity contribution is 6.01. The van der Waals surface area contributed by atoms with Crippen molar-refractivity contribution in [2.24, 2.45) is 11.5 Å². The minimum atomic E-state index is -1.98. The first-order chi connectivity index (χ1) is 40.4. The van der Waals surface area contributed by atoms with Crippen LogP contribution in [0.2, 0.25) is 0 Å². The van der Waals surface area contributed by atoms with Crippen molar-refractivity contribution in [3.05, 3.63) is 77.4 Å². The number of phenolic OH excluding ortho intramolecular Hbond substituents is 1. The SMILES string of the molecule is CC=C(C)C.NCCCC[C@@H]1NC(=O)[C@H](CC(N)=O)NC(=O)[C@H](CO)NC(=O)[C@@H](Cc2ccc(O)cc2)NC(=O)[C@@H]2CCCN2C(=O)[C@H](CO)NC(=O)[C@H](Cc2ccccc2)NC(=O)[C@H](CC(=O)O)NC(=O)[C@H](CO)NC(=O)[C@@H]2CCCN2C1=O. The predicted octanol–water partition coefficient (Wildman–Crippen LogP) is -4.52. The Labute approximate surface area is 490 Å². The Morgan fingerprint density at radius 2 is 0.906 bits per heavy atom. The predicted molar refractivity (Wildman–Crippen MR) is 302 cm³/mol. The van der Waals surface area contributed by atoms with Gasteiger partial charge in [0.1, 0.15) is 66.2 Å². The minimum absolute atomic E-state index is 0.00445. The number of allylic oxidation sites excluding steroid dienone is 2. The Morgan fingerprint density at radius 3 is 1.35 bits per heavy atom. The highest BCUT2D eigenvalue weighted by Crippen LogP contribution is 2.22. The summed E-state index contributed by atoms with van der Waals surface area (Å²) in [6.07, 6.45) is 0.455. The summed E-state index contributed by atoms with van der Waals surface area (Å²) in [6, 6.07) is -3.19. The number of aromatic hydroxyl groups is 1. The second-order valence-corrected chi connectivity index (χ2v) is 20.9. The van der Waals surface area contributed by atoms with Crippen LogP contribution >= 0.6 is 0 Å². The Kier molecular flexibility index (Phi) is 27.8. The van der Waals surface area contributed by atoms with Gasteiger partial charge in [-0.15, -0.1) is 0 Å². The number of amides is 11. The zero-order valence-electron chi connectivity index (χ0n) is 47.8. The van der Waals surface area contributed by atoms with Gasteiger partial charge in [0, 0.05) is 25.9 Å². The number of primary amides is 1. The number of carbonyl (C=O) groups is 12. The molecule has 29 nitrogen and oxygen atoms in total. The molecule has 11 amide bonds. The van der Waals surface area contributed by atoms with E-state index in [1.807, 2.05) is 6.92 Å². The number of aliphatic hydroxyl groups excluding tert-OH is 3. The summed E-state index contributed by atoms with van der Waals surface area (Å²) >= 11 is 0. The van der Waals surface area contributed by atoms with Gasteiger partial charge in [-0.3, -0.25) is 57.5 Å². The number of rotatable bonds is 15. The van der Waals surface area contributed by atoms with Crippen LogP contribution in [0.15, 0.2) is 66.2 Å². The lowest BCUT2D eigenvalue weighted by Crippen LogP contribution is -2.62. The number of nitrogens with zero attached hydrogens (tertiary/aromatic N) is 2. The number of carboxylic acids is 1. The number of nitrogens with one attached hydrogen (secondary N) is 8. The van der Waals surface area contributed by atoms with Gasteiger partial charge in [-0.05, 0) is 95.5 Å². The molecule has 0 aromatic heterocycles. The van der Waals surface area contributed by atoms with Crippen molar-refractivity contribution < 1.29 is 83.1 Å². The smallest absolute Gasteiger partial charge is 0.305 e. The average molecular weight is 1190 g/mol. The molecular formula is C56H80N12O17. The average Bonchev–Trinajstić information content (AvgIpc) is 3.60. The van der Waals surface area contributed by atoms with Gasteiger partial charge in [-0.2, -0.15) is 0 Å². The van der Waals surface area contributed by atoms with Crippen LogP contribution in [0.3, 0.4) is 0 Å². The number of carboxylic acid groups (broad SMARTS) is 1. The summed E-state index contributed by atoms with van der Waals surface area (Å²) in [6.45, 7) is 2.95. The molecule has 29 heteroatoms. The number of fused-ring (bicyclic) bond motifs is 2. The van der Waals surface area contributed by atoms with Crippen LogP contribution in [-0.2, 0) is 70.4 Å². The van der Waals surface area contributed by atoms with Gasteiger partial charge in [-0.25, -0.2) is 0 Å². The third kappa shape index (κ3) is 21.2. The van der Waals surface area contributed by atoms with Crippen LogP contribution in [0, 0.1) is 0 Å². The van der Waals surface area contributed by atoms with E-state index >= 15 is 0 Å². The molecule has 10 atom stereocenters. The molecule has 5 rings (SSSR count). The van der Waals surface area contributed by atoms with E-state index in [0.29, 0.717) is 17.5 Å². The van der Waals surface area contributed by atoms with Gasteiger partial charge in [0.25, 0.3) is 0 Å². The molecule has 0 spiro atoms. The van der Waals surface area contributed by atoms with E-state index in [4.69, 9.17) is 11.5 Å². The molecule has 2 aromatic rings. The van der Waals surface area contributed by atoms with Crippen LogP contribution in [0.25, 0.3) is 0 Å². The normalized spacial score (nSPS) is 25.4. The lowest BCUT2D eigenvalue weighted by Gasteiger charge is -2.31. The number of hydrogen-bond donors (Lipinski definition) is 15. The number of unbranched alkanes of at least 4 members (excludes halogenated alkanes) is 1. The molecule has 0 unspecified atom stereocenters. The standard InChI is InChI=1S/C51H70N12O17.C5H10/c52-17-5-4-10-30-50(79)62-18-6-12-39(62)49(78)60-36(25-65)47(76)57-34(23-41(69)70)45(74)55-31(20-27-8-2-1-3-9-27)43(72)61-37(26-66)51(80)63-19-7-11-38(63)48(77)58-32(21-28-13-15-29(67)16-14-28)42(71)59-35(24-64)46(75)56-33(22-40(53)68)44(73)54-30;1-4-5(2)3/h1-3,8-9,13-16,30-39,64-67H,4-7,10-12,17-26,52H2,(H2,53,68)(H,54,73)(H,55,74)(H,56,75)(H,57,76)(H,58,77)(H,59,71)(H,60,78)(H,61,72)(H,69,70);4H,1-3H3/t30-,31-,32+,33-,34-,35-,36-,37-,38-,39-;/m0./s1. The van der Waals surface area contributed by atoms with Crippen LogP contribution in [-0.4, -0.2) is 206 Å². The number of phenols is 1. The molecule has 0 bridgehead atoms.